The molecule has 2 rings (SSSR count). The topological polar surface area (TPSA) is 62.1 Å². The van der Waals surface area contributed by atoms with Gasteiger partial charge in [0.2, 0.25) is 0 Å². The lowest BCUT2D eigenvalue weighted by atomic mass is 10.2. The van der Waals surface area contributed by atoms with Crippen LogP contribution in [0.3, 0.4) is 0 Å². The minimum atomic E-state index is 0.311. The molecule has 0 aromatic carbocycles. The number of aryl methyl sites for hydroxylation is 1. The van der Waals surface area contributed by atoms with Gasteiger partial charge in [-0.1, -0.05) is 25.4 Å². The van der Waals surface area contributed by atoms with Gasteiger partial charge in [0.1, 0.15) is 11.8 Å². The largest absolute Gasteiger partial charge is 0.379 e. The molecule has 0 saturated carbocycles. The van der Waals surface area contributed by atoms with Gasteiger partial charge in [0, 0.05) is 13.7 Å². The van der Waals surface area contributed by atoms with Crippen LogP contribution in [0.5, 0.6) is 0 Å². The Morgan fingerprint density at radius 2 is 2.00 bits per heavy atom. The van der Waals surface area contributed by atoms with E-state index in [1.807, 2.05) is 7.05 Å². The summed E-state index contributed by atoms with van der Waals surface area (Å²) in [4.78, 5) is 8.58. The summed E-state index contributed by atoms with van der Waals surface area (Å²) in [6.07, 6.45) is 1.65. The van der Waals surface area contributed by atoms with Gasteiger partial charge in [-0.15, -0.1) is 0 Å². The minimum Gasteiger partial charge on any atom is -0.379 e. The molecule has 2 aromatic rings. The summed E-state index contributed by atoms with van der Waals surface area (Å²) in [5.74, 6) is 1.08. The molecule has 2 aromatic heterocycles. The van der Waals surface area contributed by atoms with Crippen LogP contribution in [0.15, 0.2) is 6.20 Å². The number of hydrogen-bond donors (Lipinski definition) is 0. The Hall–Kier alpha value is -1.24. The zero-order valence-corrected chi connectivity index (χ0v) is 12.7. The molecule has 0 fully saturated rings. The summed E-state index contributed by atoms with van der Waals surface area (Å²) >= 11 is 6.09. The van der Waals surface area contributed by atoms with Crippen LogP contribution in [0, 0.1) is 5.92 Å². The molecule has 0 atom stereocenters. The van der Waals surface area contributed by atoms with Crippen molar-refractivity contribution in [2.75, 3.05) is 19.8 Å². The molecule has 0 saturated heterocycles. The van der Waals surface area contributed by atoms with Crippen LogP contribution in [0.4, 0.5) is 0 Å². The Bertz CT molecular complexity index is 571. The first kappa shape index (κ1) is 15.2. The molecule has 0 aliphatic carbocycles. The summed E-state index contributed by atoms with van der Waals surface area (Å²) in [5.41, 5.74) is 0.708. The van der Waals surface area contributed by atoms with Crippen molar-refractivity contribution in [3.05, 3.63) is 17.2 Å². The fourth-order valence-electron chi connectivity index (χ4n) is 1.69. The van der Waals surface area contributed by atoms with Gasteiger partial charge in [-0.25, -0.2) is 9.97 Å². The first-order valence-electron chi connectivity index (χ1n) is 6.57. The van der Waals surface area contributed by atoms with Crippen LogP contribution in [0.1, 0.15) is 19.7 Å². The van der Waals surface area contributed by atoms with Crippen molar-refractivity contribution in [1.82, 2.24) is 19.7 Å². The van der Waals surface area contributed by atoms with Gasteiger partial charge < -0.3 is 9.47 Å². The second-order valence-corrected chi connectivity index (χ2v) is 5.32. The van der Waals surface area contributed by atoms with Crippen LogP contribution in [0.25, 0.3) is 11.0 Å². The van der Waals surface area contributed by atoms with E-state index in [1.54, 1.807) is 10.9 Å². The maximum Gasteiger partial charge on any atom is 0.162 e. The lowest BCUT2D eigenvalue weighted by molar-refractivity contribution is 0.0295. The summed E-state index contributed by atoms with van der Waals surface area (Å²) in [6.45, 7) is 6.36. The number of fused-ring (bicyclic) bond motifs is 1. The third-order valence-corrected chi connectivity index (χ3v) is 2.93. The van der Waals surface area contributed by atoms with E-state index in [0.717, 1.165) is 12.0 Å². The van der Waals surface area contributed by atoms with E-state index in [1.165, 1.54) is 0 Å². The molecule has 0 N–H and O–H groups in total. The fraction of sp³-hybridized carbons (Fsp3) is 0.615. The van der Waals surface area contributed by atoms with Crippen molar-refractivity contribution in [2.24, 2.45) is 13.0 Å². The van der Waals surface area contributed by atoms with Gasteiger partial charge in [0.05, 0.1) is 24.8 Å². The molecule has 0 amide bonds. The third-order valence-electron chi connectivity index (χ3n) is 2.65. The Balaban J connectivity index is 1.85. The Kier molecular flexibility index (Phi) is 5.28. The molecule has 0 spiro atoms. The van der Waals surface area contributed by atoms with Gasteiger partial charge in [0.25, 0.3) is 0 Å². The third kappa shape index (κ3) is 3.88. The Labute approximate surface area is 123 Å². The van der Waals surface area contributed by atoms with Crippen molar-refractivity contribution in [3.8, 4) is 0 Å². The number of halogens is 1. The maximum absolute atomic E-state index is 6.09. The van der Waals surface area contributed by atoms with E-state index in [9.17, 15) is 0 Å². The van der Waals surface area contributed by atoms with E-state index in [4.69, 9.17) is 21.1 Å². The lowest BCUT2D eigenvalue weighted by Crippen LogP contribution is -2.09. The van der Waals surface area contributed by atoms with E-state index in [-0.39, 0.29) is 0 Å². The Morgan fingerprint density at radius 1 is 1.25 bits per heavy atom. The molecule has 0 aliphatic rings. The highest BCUT2D eigenvalue weighted by Gasteiger charge is 2.09. The summed E-state index contributed by atoms with van der Waals surface area (Å²) in [7, 11) is 1.82. The molecular weight excluding hydrogens is 280 g/mol. The van der Waals surface area contributed by atoms with Crippen molar-refractivity contribution < 1.29 is 9.47 Å². The molecule has 110 valence electrons. The highest BCUT2D eigenvalue weighted by molar-refractivity contribution is 6.33. The standard InChI is InChI=1S/C13H19ClN4O2/c1-9(2)7-19-4-5-20-8-11-16-12(14)10-6-15-18(3)13(10)17-11/h6,9H,4-5,7-8H2,1-3H3. The van der Waals surface area contributed by atoms with Gasteiger partial charge in [-0.05, 0) is 5.92 Å². The predicted octanol–water partition coefficient (Wildman–Crippen LogP) is 2.21. The fourth-order valence-corrected chi connectivity index (χ4v) is 1.93. The van der Waals surface area contributed by atoms with Crippen molar-refractivity contribution in [2.45, 2.75) is 20.5 Å². The van der Waals surface area contributed by atoms with Gasteiger partial charge in [-0.2, -0.15) is 5.10 Å². The summed E-state index contributed by atoms with van der Waals surface area (Å²) in [6, 6.07) is 0. The molecular formula is C13H19ClN4O2. The smallest absolute Gasteiger partial charge is 0.162 e. The molecule has 6 nitrogen and oxygen atoms in total. The van der Waals surface area contributed by atoms with Gasteiger partial charge >= 0.3 is 0 Å². The number of nitrogens with zero attached hydrogens (tertiary/aromatic N) is 4. The van der Waals surface area contributed by atoms with Crippen LogP contribution in [-0.2, 0) is 23.1 Å². The zero-order chi connectivity index (χ0) is 14.5. The normalized spacial score (nSPS) is 11.7. The van der Waals surface area contributed by atoms with Crippen LogP contribution in [-0.4, -0.2) is 39.6 Å². The van der Waals surface area contributed by atoms with Crippen LogP contribution < -0.4 is 0 Å². The number of ether oxygens (including phenoxy) is 2. The van der Waals surface area contributed by atoms with Crippen molar-refractivity contribution in [1.29, 1.82) is 0 Å². The van der Waals surface area contributed by atoms with Crippen molar-refractivity contribution in [3.63, 3.8) is 0 Å². The lowest BCUT2D eigenvalue weighted by Gasteiger charge is -2.07. The van der Waals surface area contributed by atoms with Crippen molar-refractivity contribution >= 4 is 22.6 Å². The molecule has 20 heavy (non-hydrogen) atoms. The van der Waals surface area contributed by atoms with E-state index < -0.39 is 0 Å². The highest BCUT2D eigenvalue weighted by atomic mass is 35.5. The molecule has 0 aliphatic heterocycles. The average Bonchev–Trinajstić information content (AvgIpc) is 2.76. The second kappa shape index (κ2) is 6.97. The molecule has 2 heterocycles. The van der Waals surface area contributed by atoms with E-state index >= 15 is 0 Å². The molecule has 0 radical (unpaired) electrons. The molecule has 7 heteroatoms. The quantitative estimate of drug-likeness (QED) is 0.579. The SMILES string of the molecule is CC(C)COCCOCc1nc(Cl)c2cnn(C)c2n1. The summed E-state index contributed by atoms with van der Waals surface area (Å²) < 4.78 is 12.6. The summed E-state index contributed by atoms with van der Waals surface area (Å²) in [5, 5.41) is 5.25. The monoisotopic (exact) mass is 298 g/mol. The molecule has 0 bridgehead atoms. The number of aromatic nitrogens is 4. The highest BCUT2D eigenvalue weighted by Crippen LogP contribution is 2.19. The number of hydrogen-bond acceptors (Lipinski definition) is 5. The van der Waals surface area contributed by atoms with Gasteiger partial charge in [-0.3, -0.25) is 4.68 Å². The van der Waals surface area contributed by atoms with Crippen LogP contribution >= 0.6 is 11.6 Å². The average molecular weight is 299 g/mol. The predicted molar refractivity (Wildman–Crippen MR) is 76.6 cm³/mol. The second-order valence-electron chi connectivity index (χ2n) is 4.96. The zero-order valence-electron chi connectivity index (χ0n) is 12.0. The first-order valence-corrected chi connectivity index (χ1v) is 6.95. The van der Waals surface area contributed by atoms with E-state index in [2.05, 4.69) is 28.9 Å². The Morgan fingerprint density at radius 3 is 2.75 bits per heavy atom. The first-order chi connectivity index (χ1) is 9.58. The van der Waals surface area contributed by atoms with Gasteiger partial charge in [0.15, 0.2) is 11.5 Å². The van der Waals surface area contributed by atoms with E-state index in [0.29, 0.717) is 42.4 Å². The maximum atomic E-state index is 6.09. The molecule has 0 unspecified atom stereocenters. The van der Waals surface area contributed by atoms with Crippen LogP contribution in [0.2, 0.25) is 5.15 Å². The number of rotatable bonds is 7. The minimum absolute atomic E-state index is 0.311.